The minimum atomic E-state index is -3.76. The summed E-state index contributed by atoms with van der Waals surface area (Å²) in [6.45, 7) is 12.2. The van der Waals surface area contributed by atoms with E-state index in [4.69, 9.17) is 0 Å². The molecule has 2 N–H and O–H groups in total. The molecule has 0 aromatic rings. The number of hydrogen-bond acceptors (Lipinski definition) is 3. The Morgan fingerprint density at radius 1 is 1.07 bits per heavy atom. The van der Waals surface area contributed by atoms with E-state index in [0.29, 0.717) is 13.1 Å². The molecule has 0 unspecified atom stereocenters. The Kier molecular flexibility index (Phi) is 4.96. The third-order valence-corrected chi connectivity index (χ3v) is 6.27. The first kappa shape index (κ1) is 13.8. The van der Waals surface area contributed by atoms with Crippen LogP contribution in [-0.2, 0) is 0 Å². The normalized spacial score (nSPS) is 14.8. The standard InChI is InChI=1S/C10H22NO2P/c1-5-9-14(12,13,10-6-2)11(7-3)8-4/h5-6,12-13H,1-2,7-10H2,3-4H3. The zero-order valence-corrected chi connectivity index (χ0v) is 10.1. The van der Waals surface area contributed by atoms with E-state index in [1.807, 2.05) is 13.8 Å². The van der Waals surface area contributed by atoms with Crippen molar-refractivity contribution in [2.24, 2.45) is 0 Å². The summed E-state index contributed by atoms with van der Waals surface area (Å²) in [6.07, 6.45) is 3.61. The number of nitrogens with zero attached hydrogens (tertiary/aromatic N) is 1. The molecule has 0 aromatic heterocycles. The van der Waals surface area contributed by atoms with Crippen molar-refractivity contribution in [3.8, 4) is 0 Å². The van der Waals surface area contributed by atoms with Gasteiger partial charge >= 0.3 is 86.2 Å². The van der Waals surface area contributed by atoms with E-state index in [9.17, 15) is 9.79 Å². The fourth-order valence-electron chi connectivity index (χ4n) is 1.71. The first-order valence-electron chi connectivity index (χ1n) is 4.91. The van der Waals surface area contributed by atoms with Gasteiger partial charge in [-0.05, 0) is 0 Å². The van der Waals surface area contributed by atoms with Gasteiger partial charge in [0.1, 0.15) is 0 Å². The Labute approximate surface area is 86.9 Å². The first-order valence-corrected chi connectivity index (χ1v) is 7.38. The Hall–Kier alpha value is -0.210. The van der Waals surface area contributed by atoms with Gasteiger partial charge < -0.3 is 0 Å². The zero-order valence-electron chi connectivity index (χ0n) is 9.19. The Morgan fingerprint density at radius 2 is 1.43 bits per heavy atom. The fraction of sp³-hybridized carbons (Fsp3) is 0.600. The van der Waals surface area contributed by atoms with Gasteiger partial charge in [-0.15, -0.1) is 0 Å². The molecule has 0 saturated heterocycles. The SMILES string of the molecule is C=CCP(O)(O)(CC=C)N(CC)CC. The van der Waals surface area contributed by atoms with E-state index >= 15 is 0 Å². The summed E-state index contributed by atoms with van der Waals surface area (Å²) < 4.78 is 1.73. The van der Waals surface area contributed by atoms with E-state index in [1.165, 1.54) is 0 Å². The summed E-state index contributed by atoms with van der Waals surface area (Å²) in [5, 5.41) is 0. The van der Waals surface area contributed by atoms with Crippen LogP contribution in [0.4, 0.5) is 0 Å². The van der Waals surface area contributed by atoms with Crippen molar-refractivity contribution in [1.82, 2.24) is 4.67 Å². The van der Waals surface area contributed by atoms with Crippen LogP contribution in [0.5, 0.6) is 0 Å². The van der Waals surface area contributed by atoms with Crippen LogP contribution in [-0.4, -0.2) is 39.9 Å². The number of hydrogen-bond donors (Lipinski definition) is 2. The molecule has 0 aromatic carbocycles. The van der Waals surface area contributed by atoms with Gasteiger partial charge in [0.15, 0.2) is 0 Å². The molecule has 0 bridgehead atoms. The Morgan fingerprint density at radius 3 is 1.64 bits per heavy atom. The van der Waals surface area contributed by atoms with Crippen molar-refractivity contribution < 1.29 is 9.79 Å². The fourth-order valence-corrected chi connectivity index (χ4v) is 4.69. The second-order valence-electron chi connectivity index (χ2n) is 3.42. The summed E-state index contributed by atoms with van der Waals surface area (Å²) in [5.74, 6) is 0. The average Bonchev–Trinajstić information content (AvgIpc) is 2.05. The predicted octanol–water partition coefficient (Wildman–Crippen LogP) is 1.98. The van der Waals surface area contributed by atoms with Gasteiger partial charge in [0.05, 0.1) is 0 Å². The second-order valence-corrected chi connectivity index (χ2v) is 7.40. The van der Waals surface area contributed by atoms with Crippen molar-refractivity contribution in [2.45, 2.75) is 13.8 Å². The monoisotopic (exact) mass is 219 g/mol. The Balaban J connectivity index is 5.01. The van der Waals surface area contributed by atoms with Crippen LogP contribution in [0.2, 0.25) is 0 Å². The molecule has 3 nitrogen and oxygen atoms in total. The van der Waals surface area contributed by atoms with Gasteiger partial charge in [0, 0.05) is 0 Å². The van der Waals surface area contributed by atoms with Crippen LogP contribution < -0.4 is 0 Å². The molecule has 0 heterocycles. The quantitative estimate of drug-likeness (QED) is 0.508. The van der Waals surface area contributed by atoms with Crippen molar-refractivity contribution in [2.75, 3.05) is 25.4 Å². The summed E-state index contributed by atoms with van der Waals surface area (Å²) in [6, 6.07) is 0. The molecule has 0 rings (SSSR count). The molecule has 0 radical (unpaired) electrons. The van der Waals surface area contributed by atoms with Crippen LogP contribution in [0.15, 0.2) is 25.3 Å². The maximum atomic E-state index is 10.4. The predicted molar refractivity (Wildman–Crippen MR) is 64.4 cm³/mol. The summed E-state index contributed by atoms with van der Waals surface area (Å²) in [4.78, 5) is 20.8. The van der Waals surface area contributed by atoms with E-state index in [1.54, 1.807) is 16.8 Å². The average molecular weight is 219 g/mol. The summed E-state index contributed by atoms with van der Waals surface area (Å²) in [7, 11) is -3.76. The van der Waals surface area contributed by atoms with Crippen LogP contribution >= 0.6 is 7.21 Å². The molecular weight excluding hydrogens is 197 g/mol. The topological polar surface area (TPSA) is 43.7 Å². The Bertz CT molecular complexity index is 198. The van der Waals surface area contributed by atoms with Gasteiger partial charge in [0.2, 0.25) is 0 Å². The minimum absolute atomic E-state index is 0.235. The second kappa shape index (κ2) is 5.04. The van der Waals surface area contributed by atoms with E-state index in [2.05, 4.69) is 13.2 Å². The molecule has 0 atom stereocenters. The van der Waals surface area contributed by atoms with Crippen LogP contribution in [0, 0.1) is 0 Å². The number of rotatable bonds is 7. The van der Waals surface area contributed by atoms with E-state index in [-0.39, 0.29) is 12.3 Å². The van der Waals surface area contributed by atoms with E-state index < -0.39 is 7.21 Å². The van der Waals surface area contributed by atoms with Crippen LogP contribution in [0.3, 0.4) is 0 Å². The van der Waals surface area contributed by atoms with Crippen LogP contribution in [0.25, 0.3) is 0 Å². The van der Waals surface area contributed by atoms with Gasteiger partial charge in [-0.1, -0.05) is 0 Å². The van der Waals surface area contributed by atoms with Gasteiger partial charge in [0.25, 0.3) is 0 Å². The van der Waals surface area contributed by atoms with Crippen molar-refractivity contribution in [3.63, 3.8) is 0 Å². The molecule has 0 amide bonds. The first-order chi connectivity index (χ1) is 6.43. The molecule has 0 spiro atoms. The molecular formula is C10H22NO2P. The van der Waals surface area contributed by atoms with Crippen molar-refractivity contribution in [3.05, 3.63) is 25.3 Å². The number of allylic oxidation sites excluding steroid dienone is 2. The molecule has 0 aliphatic carbocycles. The summed E-state index contributed by atoms with van der Waals surface area (Å²) in [5.41, 5.74) is 0. The molecule has 0 saturated carbocycles. The zero-order chi connectivity index (χ0) is 11.3. The molecule has 0 fully saturated rings. The molecule has 14 heavy (non-hydrogen) atoms. The van der Waals surface area contributed by atoms with E-state index in [0.717, 1.165) is 0 Å². The molecule has 0 aliphatic heterocycles. The van der Waals surface area contributed by atoms with Crippen molar-refractivity contribution in [1.29, 1.82) is 0 Å². The molecule has 4 heteroatoms. The maximum absolute atomic E-state index is 10.4. The van der Waals surface area contributed by atoms with Gasteiger partial charge in [-0.3, -0.25) is 0 Å². The summed E-state index contributed by atoms with van der Waals surface area (Å²) >= 11 is 0. The third kappa shape index (κ3) is 2.89. The van der Waals surface area contributed by atoms with Crippen molar-refractivity contribution >= 4 is 7.21 Å². The molecule has 0 aliphatic rings. The molecule has 84 valence electrons. The third-order valence-electron chi connectivity index (χ3n) is 2.39. The van der Waals surface area contributed by atoms with Crippen LogP contribution in [0.1, 0.15) is 13.8 Å². The van der Waals surface area contributed by atoms with Gasteiger partial charge in [-0.2, -0.15) is 0 Å². The van der Waals surface area contributed by atoms with Gasteiger partial charge in [-0.25, -0.2) is 0 Å².